The van der Waals surface area contributed by atoms with Gasteiger partial charge in [0, 0.05) is 11.5 Å². The molecular formula is C12H17N. The Morgan fingerprint density at radius 1 is 1.31 bits per heavy atom. The van der Waals surface area contributed by atoms with Gasteiger partial charge in [-0.2, -0.15) is 0 Å². The van der Waals surface area contributed by atoms with Gasteiger partial charge in [0.1, 0.15) is 0 Å². The van der Waals surface area contributed by atoms with Crippen LogP contribution in [0.3, 0.4) is 0 Å². The summed E-state index contributed by atoms with van der Waals surface area (Å²) < 4.78 is 0. The van der Waals surface area contributed by atoms with Crippen LogP contribution in [0.1, 0.15) is 31.7 Å². The first-order valence-electron chi connectivity index (χ1n) is 5.11. The lowest BCUT2D eigenvalue weighted by molar-refractivity contribution is 0.503. The Kier molecular flexibility index (Phi) is 2.12. The van der Waals surface area contributed by atoms with E-state index in [1.54, 1.807) is 0 Å². The molecule has 0 radical (unpaired) electrons. The largest absolute Gasteiger partial charge is 0.327 e. The average molecular weight is 175 g/mol. The average Bonchev–Trinajstić information content (AvgIpc) is 2.99. The van der Waals surface area contributed by atoms with Crippen LogP contribution in [0.4, 0.5) is 0 Å². The monoisotopic (exact) mass is 175 g/mol. The topological polar surface area (TPSA) is 26.0 Å². The number of nitrogens with two attached hydrogens (primary N) is 1. The van der Waals surface area contributed by atoms with Crippen LogP contribution < -0.4 is 5.73 Å². The van der Waals surface area contributed by atoms with E-state index in [1.807, 2.05) is 0 Å². The number of hydrogen-bond donors (Lipinski definition) is 1. The van der Waals surface area contributed by atoms with Crippen LogP contribution in [0.25, 0.3) is 0 Å². The highest BCUT2D eigenvalue weighted by Gasteiger charge is 2.48. The second-order valence-corrected chi connectivity index (χ2v) is 4.04. The van der Waals surface area contributed by atoms with Crippen molar-refractivity contribution in [3.63, 3.8) is 0 Å². The van der Waals surface area contributed by atoms with Gasteiger partial charge in [0.25, 0.3) is 0 Å². The minimum atomic E-state index is 0.329. The molecule has 1 atom stereocenters. The van der Waals surface area contributed by atoms with Crippen LogP contribution in [-0.4, -0.2) is 6.04 Å². The van der Waals surface area contributed by atoms with E-state index in [4.69, 9.17) is 5.73 Å². The zero-order valence-corrected chi connectivity index (χ0v) is 8.16. The van der Waals surface area contributed by atoms with E-state index in [-0.39, 0.29) is 0 Å². The summed E-state index contributed by atoms with van der Waals surface area (Å²) in [6.07, 6.45) is 3.62. The van der Waals surface area contributed by atoms with E-state index in [9.17, 15) is 0 Å². The van der Waals surface area contributed by atoms with Crippen molar-refractivity contribution in [3.8, 4) is 0 Å². The first-order valence-corrected chi connectivity index (χ1v) is 5.11. The summed E-state index contributed by atoms with van der Waals surface area (Å²) in [5.74, 6) is 0. The Morgan fingerprint density at radius 3 is 2.38 bits per heavy atom. The molecule has 0 unspecified atom stereocenters. The lowest BCUT2D eigenvalue weighted by Crippen LogP contribution is -2.33. The highest BCUT2D eigenvalue weighted by Crippen LogP contribution is 2.50. The molecule has 0 aliphatic heterocycles. The van der Waals surface area contributed by atoms with Gasteiger partial charge in [-0.15, -0.1) is 0 Å². The minimum Gasteiger partial charge on any atom is -0.327 e. The molecule has 13 heavy (non-hydrogen) atoms. The van der Waals surface area contributed by atoms with Crippen LogP contribution in [0.2, 0.25) is 0 Å². The summed E-state index contributed by atoms with van der Waals surface area (Å²) in [6.45, 7) is 2.17. The first kappa shape index (κ1) is 8.76. The van der Waals surface area contributed by atoms with Gasteiger partial charge in [0.2, 0.25) is 0 Å². The van der Waals surface area contributed by atoms with Gasteiger partial charge in [-0.1, -0.05) is 37.3 Å². The third-order valence-electron chi connectivity index (χ3n) is 3.29. The Labute approximate surface area is 80.0 Å². The second-order valence-electron chi connectivity index (χ2n) is 4.04. The smallest absolute Gasteiger partial charge is 0.0134 e. The van der Waals surface area contributed by atoms with E-state index in [1.165, 1.54) is 18.4 Å². The number of benzene rings is 1. The fraction of sp³-hybridized carbons (Fsp3) is 0.500. The van der Waals surface area contributed by atoms with Crippen LogP contribution in [0.5, 0.6) is 0 Å². The summed E-state index contributed by atoms with van der Waals surface area (Å²) in [5, 5.41) is 0. The highest BCUT2D eigenvalue weighted by atomic mass is 14.7. The van der Waals surface area contributed by atoms with E-state index < -0.39 is 0 Å². The fourth-order valence-corrected chi connectivity index (χ4v) is 2.17. The van der Waals surface area contributed by atoms with Crippen LogP contribution in [0, 0.1) is 0 Å². The predicted octanol–water partition coefficient (Wildman–Crippen LogP) is 2.46. The molecule has 0 spiro atoms. The minimum absolute atomic E-state index is 0.329. The summed E-state index contributed by atoms with van der Waals surface area (Å²) in [7, 11) is 0. The van der Waals surface area contributed by atoms with E-state index in [0.29, 0.717) is 11.5 Å². The maximum Gasteiger partial charge on any atom is 0.0134 e. The molecule has 0 heterocycles. The maximum atomic E-state index is 6.15. The molecule has 0 saturated heterocycles. The van der Waals surface area contributed by atoms with Crippen molar-refractivity contribution in [3.05, 3.63) is 35.9 Å². The van der Waals surface area contributed by atoms with Gasteiger partial charge < -0.3 is 5.73 Å². The normalized spacial score (nSPS) is 21.1. The number of rotatable bonds is 3. The van der Waals surface area contributed by atoms with Gasteiger partial charge in [-0.05, 0) is 24.8 Å². The quantitative estimate of drug-likeness (QED) is 0.750. The summed E-state index contributed by atoms with van der Waals surface area (Å²) in [4.78, 5) is 0. The highest BCUT2D eigenvalue weighted by molar-refractivity contribution is 5.33. The predicted molar refractivity (Wildman–Crippen MR) is 55.6 cm³/mol. The molecule has 1 aromatic rings. The van der Waals surface area contributed by atoms with Crippen LogP contribution >= 0.6 is 0 Å². The van der Waals surface area contributed by atoms with Crippen molar-refractivity contribution in [2.45, 2.75) is 37.6 Å². The SMILES string of the molecule is CC[C@@H](N)C1(c2ccccc2)CC1. The summed E-state index contributed by atoms with van der Waals surface area (Å²) in [5.41, 5.74) is 7.91. The van der Waals surface area contributed by atoms with E-state index >= 15 is 0 Å². The molecule has 2 rings (SSSR count). The third kappa shape index (κ3) is 1.37. The van der Waals surface area contributed by atoms with Gasteiger partial charge >= 0.3 is 0 Å². The van der Waals surface area contributed by atoms with Crippen molar-refractivity contribution < 1.29 is 0 Å². The molecule has 0 bridgehead atoms. The molecule has 1 aromatic carbocycles. The summed E-state index contributed by atoms with van der Waals surface area (Å²) >= 11 is 0. The van der Waals surface area contributed by atoms with Crippen molar-refractivity contribution >= 4 is 0 Å². The van der Waals surface area contributed by atoms with Crippen molar-refractivity contribution in [2.75, 3.05) is 0 Å². The standard InChI is InChI=1S/C12H17N/c1-2-11(13)12(8-9-12)10-6-4-3-5-7-10/h3-7,11H,2,8-9,13H2,1H3/t11-/m1/s1. The zero-order chi connectivity index (χ0) is 9.31. The van der Waals surface area contributed by atoms with Crippen LogP contribution in [0.15, 0.2) is 30.3 Å². The molecule has 1 heteroatoms. The van der Waals surface area contributed by atoms with Crippen LogP contribution in [-0.2, 0) is 5.41 Å². The molecule has 1 saturated carbocycles. The Balaban J connectivity index is 2.26. The molecule has 2 N–H and O–H groups in total. The first-order chi connectivity index (χ1) is 6.29. The Morgan fingerprint density at radius 2 is 1.92 bits per heavy atom. The second kappa shape index (κ2) is 3.15. The van der Waals surface area contributed by atoms with Crippen molar-refractivity contribution in [2.24, 2.45) is 5.73 Å². The Hall–Kier alpha value is -0.820. The molecular weight excluding hydrogens is 158 g/mol. The van der Waals surface area contributed by atoms with E-state index in [2.05, 4.69) is 37.3 Å². The lowest BCUT2D eigenvalue weighted by Gasteiger charge is -2.22. The fourth-order valence-electron chi connectivity index (χ4n) is 2.17. The maximum absolute atomic E-state index is 6.15. The summed E-state index contributed by atoms with van der Waals surface area (Å²) in [6, 6.07) is 11.0. The lowest BCUT2D eigenvalue weighted by atomic mass is 9.87. The molecule has 1 aliphatic rings. The molecule has 1 nitrogen and oxygen atoms in total. The molecule has 1 aliphatic carbocycles. The van der Waals surface area contributed by atoms with Gasteiger partial charge in [-0.25, -0.2) is 0 Å². The Bertz CT molecular complexity index is 274. The molecule has 0 amide bonds. The number of hydrogen-bond acceptors (Lipinski definition) is 1. The molecule has 0 aromatic heterocycles. The molecule has 70 valence electrons. The van der Waals surface area contributed by atoms with Crippen molar-refractivity contribution in [1.29, 1.82) is 0 Å². The van der Waals surface area contributed by atoms with Gasteiger partial charge in [-0.3, -0.25) is 0 Å². The van der Waals surface area contributed by atoms with Gasteiger partial charge in [0.05, 0.1) is 0 Å². The third-order valence-corrected chi connectivity index (χ3v) is 3.29. The van der Waals surface area contributed by atoms with Gasteiger partial charge in [0.15, 0.2) is 0 Å². The molecule has 1 fully saturated rings. The van der Waals surface area contributed by atoms with E-state index in [0.717, 1.165) is 6.42 Å². The zero-order valence-electron chi connectivity index (χ0n) is 8.16. The van der Waals surface area contributed by atoms with Crippen molar-refractivity contribution in [1.82, 2.24) is 0 Å².